The number of aryl methyl sites for hydroxylation is 1. The number of thiazole rings is 1. The van der Waals surface area contributed by atoms with Gasteiger partial charge in [0.2, 0.25) is 0 Å². The highest BCUT2D eigenvalue weighted by molar-refractivity contribution is 7.15. The van der Waals surface area contributed by atoms with Crippen LogP contribution in [0.4, 0.5) is 0 Å². The molecule has 2 aliphatic heterocycles. The summed E-state index contributed by atoms with van der Waals surface area (Å²) < 4.78 is 5.83. The molecular weight excluding hydrogens is 370 g/mol. The average molecular weight is 388 g/mol. The molecule has 2 bridgehead atoms. The molecule has 5 rings (SSSR count). The Labute approximate surface area is 160 Å². The van der Waals surface area contributed by atoms with Gasteiger partial charge in [-0.2, -0.15) is 0 Å². The number of rotatable bonds is 3. The summed E-state index contributed by atoms with van der Waals surface area (Å²) in [6, 6.07) is 7.50. The minimum atomic E-state index is -0.704. The Bertz CT molecular complexity index is 878. The Balaban J connectivity index is 1.55. The van der Waals surface area contributed by atoms with Gasteiger partial charge in [0.1, 0.15) is 10.9 Å². The van der Waals surface area contributed by atoms with E-state index in [0.29, 0.717) is 10.7 Å². The molecule has 1 aliphatic carbocycles. The number of halogens is 1. The number of aromatic nitrogens is 1. The van der Waals surface area contributed by atoms with Gasteiger partial charge in [0, 0.05) is 15.5 Å². The van der Waals surface area contributed by atoms with Crippen molar-refractivity contribution in [1.82, 2.24) is 4.98 Å². The third kappa shape index (κ3) is 2.27. The van der Waals surface area contributed by atoms with Crippen LogP contribution in [0.1, 0.15) is 36.3 Å². The van der Waals surface area contributed by atoms with Gasteiger partial charge < -0.3 is 4.74 Å². The fourth-order valence-electron chi connectivity index (χ4n) is 4.75. The Kier molecular flexibility index (Phi) is 3.82. The van der Waals surface area contributed by atoms with Crippen LogP contribution in [0, 0.1) is 11.8 Å². The lowest BCUT2D eigenvalue weighted by molar-refractivity contribution is -0.127. The number of carbonyl (C=O) groups excluding carboxylic acids is 2. The molecule has 1 aromatic heterocycles. The Hall–Kier alpha value is -1.56. The number of hydrogen-bond donors (Lipinski definition) is 0. The van der Waals surface area contributed by atoms with E-state index < -0.39 is 5.92 Å². The van der Waals surface area contributed by atoms with E-state index >= 15 is 0 Å². The summed E-state index contributed by atoms with van der Waals surface area (Å²) >= 11 is 7.54. The normalized spacial score (nSPS) is 32.5. The first-order valence-corrected chi connectivity index (χ1v) is 10.3. The summed E-state index contributed by atoms with van der Waals surface area (Å²) in [4.78, 5) is 32.0. The van der Waals surface area contributed by atoms with Crippen molar-refractivity contribution >= 4 is 34.5 Å². The third-order valence-electron chi connectivity index (χ3n) is 5.91. The van der Waals surface area contributed by atoms with Crippen LogP contribution < -0.4 is 0 Å². The van der Waals surface area contributed by atoms with Crippen molar-refractivity contribution in [2.24, 2.45) is 11.8 Å². The highest BCUT2D eigenvalue weighted by Gasteiger charge is 2.63. The quantitative estimate of drug-likeness (QED) is 0.745. The van der Waals surface area contributed by atoms with E-state index in [0.717, 1.165) is 34.7 Å². The van der Waals surface area contributed by atoms with Crippen LogP contribution in [0.25, 0.3) is 10.6 Å². The predicted octanol–water partition coefficient (Wildman–Crippen LogP) is 4.05. The zero-order chi connectivity index (χ0) is 18.0. The van der Waals surface area contributed by atoms with Crippen molar-refractivity contribution in [2.75, 3.05) is 0 Å². The van der Waals surface area contributed by atoms with Gasteiger partial charge in [-0.1, -0.05) is 30.7 Å². The first kappa shape index (κ1) is 16.6. The maximum Gasteiger partial charge on any atom is 0.155 e. The average Bonchev–Trinajstić information content (AvgIpc) is 3.39. The molecule has 6 heteroatoms. The van der Waals surface area contributed by atoms with E-state index in [1.807, 2.05) is 31.2 Å². The molecule has 134 valence electrons. The Morgan fingerprint density at radius 3 is 2.31 bits per heavy atom. The molecular formula is C20H18ClNO3S. The smallest absolute Gasteiger partial charge is 0.155 e. The van der Waals surface area contributed by atoms with Crippen molar-refractivity contribution in [3.63, 3.8) is 0 Å². The first-order chi connectivity index (χ1) is 12.6. The topological polar surface area (TPSA) is 56.3 Å². The monoisotopic (exact) mass is 387 g/mol. The molecule has 3 heterocycles. The number of benzene rings is 1. The molecule has 3 aliphatic rings. The van der Waals surface area contributed by atoms with Crippen LogP contribution in [0.15, 0.2) is 24.3 Å². The van der Waals surface area contributed by atoms with Gasteiger partial charge in [0.15, 0.2) is 11.6 Å². The zero-order valence-electron chi connectivity index (χ0n) is 14.3. The zero-order valence-corrected chi connectivity index (χ0v) is 15.8. The number of carbonyl (C=O) groups is 2. The summed E-state index contributed by atoms with van der Waals surface area (Å²) in [5, 5.41) is 1.51. The van der Waals surface area contributed by atoms with E-state index in [-0.39, 0.29) is 35.6 Å². The fraction of sp³-hybridized carbons (Fsp3) is 0.450. The number of fused-ring (bicyclic) bond motifs is 5. The van der Waals surface area contributed by atoms with Gasteiger partial charge in [0.05, 0.1) is 29.7 Å². The second kappa shape index (κ2) is 5.98. The number of nitrogens with zero attached hydrogens (tertiary/aromatic N) is 1. The lowest BCUT2D eigenvalue weighted by atomic mass is 9.81. The highest BCUT2D eigenvalue weighted by atomic mass is 35.5. The highest BCUT2D eigenvalue weighted by Crippen LogP contribution is 2.53. The minimum absolute atomic E-state index is 0.0230. The van der Waals surface area contributed by atoms with Gasteiger partial charge in [-0.15, -0.1) is 11.3 Å². The van der Waals surface area contributed by atoms with Crippen LogP contribution in [-0.2, 0) is 20.7 Å². The van der Waals surface area contributed by atoms with Gasteiger partial charge in [-0.3, -0.25) is 9.59 Å². The molecule has 0 spiro atoms. The predicted molar refractivity (Wildman–Crippen MR) is 99.6 cm³/mol. The molecule has 3 fully saturated rings. The molecule has 0 radical (unpaired) electrons. The van der Waals surface area contributed by atoms with Gasteiger partial charge in [0.25, 0.3) is 0 Å². The summed E-state index contributed by atoms with van der Waals surface area (Å²) in [6.07, 6.45) is 2.42. The summed E-state index contributed by atoms with van der Waals surface area (Å²) in [6.45, 7) is 2.04. The van der Waals surface area contributed by atoms with Gasteiger partial charge >= 0.3 is 0 Å². The maximum absolute atomic E-state index is 13.1. The lowest BCUT2D eigenvalue weighted by Crippen LogP contribution is -2.29. The molecule has 2 saturated heterocycles. The second-order valence-corrected chi connectivity index (χ2v) is 8.79. The third-order valence-corrected chi connectivity index (χ3v) is 7.43. The maximum atomic E-state index is 13.1. The molecule has 4 nitrogen and oxygen atoms in total. The number of ether oxygens (including phenoxy) is 1. The van der Waals surface area contributed by atoms with Gasteiger partial charge in [-0.05, 0) is 31.4 Å². The van der Waals surface area contributed by atoms with Crippen molar-refractivity contribution in [3.8, 4) is 10.6 Å². The Morgan fingerprint density at radius 1 is 1.12 bits per heavy atom. The van der Waals surface area contributed by atoms with Crippen LogP contribution in [-0.4, -0.2) is 28.8 Å². The van der Waals surface area contributed by atoms with Gasteiger partial charge in [-0.25, -0.2) is 4.98 Å². The second-order valence-electron chi connectivity index (χ2n) is 7.27. The molecule has 26 heavy (non-hydrogen) atoms. The molecule has 0 N–H and O–H groups in total. The number of Topliss-reactive ketones (excluding diaryl/α,β-unsaturated/α-hetero) is 2. The Morgan fingerprint density at radius 2 is 1.73 bits per heavy atom. The van der Waals surface area contributed by atoms with Crippen molar-refractivity contribution < 1.29 is 14.3 Å². The fourth-order valence-corrected chi connectivity index (χ4v) is 5.92. The molecule has 2 aromatic rings. The van der Waals surface area contributed by atoms with E-state index in [4.69, 9.17) is 21.3 Å². The minimum Gasteiger partial charge on any atom is -0.373 e. The van der Waals surface area contributed by atoms with E-state index in [1.54, 1.807) is 11.3 Å². The van der Waals surface area contributed by atoms with E-state index in [1.165, 1.54) is 0 Å². The van der Waals surface area contributed by atoms with Crippen molar-refractivity contribution in [3.05, 3.63) is 39.9 Å². The summed E-state index contributed by atoms with van der Waals surface area (Å²) in [7, 11) is 0. The number of ketones is 2. The van der Waals surface area contributed by atoms with Crippen LogP contribution >= 0.6 is 22.9 Å². The largest absolute Gasteiger partial charge is 0.373 e. The van der Waals surface area contributed by atoms with Crippen LogP contribution in [0.2, 0.25) is 5.02 Å². The lowest BCUT2D eigenvalue weighted by Gasteiger charge is -2.16. The standard InChI is InChI=1S/C20H18ClNO3S/c1-2-13-17(22-20(26-13)9-3-5-10(21)6-4-9)16-18(23)14-11-7-8-12(25-11)15(14)19(16)24/h3-6,11-12,14-16H,2,7-8H2,1H3. The number of hydrogen-bond acceptors (Lipinski definition) is 5. The van der Waals surface area contributed by atoms with E-state index in [9.17, 15) is 9.59 Å². The molecule has 0 amide bonds. The van der Waals surface area contributed by atoms with Crippen LogP contribution in [0.5, 0.6) is 0 Å². The van der Waals surface area contributed by atoms with E-state index in [2.05, 4.69) is 0 Å². The molecule has 1 aromatic carbocycles. The SMILES string of the molecule is CCc1sc(-c2ccc(Cl)cc2)nc1C1C(=O)C2C3CCC(O3)C2C1=O. The van der Waals surface area contributed by atoms with Crippen molar-refractivity contribution in [1.29, 1.82) is 0 Å². The molecule has 4 atom stereocenters. The van der Waals surface area contributed by atoms with Crippen LogP contribution in [0.3, 0.4) is 0 Å². The first-order valence-electron chi connectivity index (χ1n) is 9.07. The molecule has 1 saturated carbocycles. The van der Waals surface area contributed by atoms with Crippen molar-refractivity contribution in [2.45, 2.75) is 44.3 Å². The molecule has 4 unspecified atom stereocenters. The summed E-state index contributed by atoms with van der Waals surface area (Å²) in [5.74, 6) is -1.16. The summed E-state index contributed by atoms with van der Waals surface area (Å²) in [5.41, 5.74) is 1.63.